The fourth-order valence-corrected chi connectivity index (χ4v) is 5.15. The molecule has 0 aliphatic heterocycles. The standard InChI is InChI=1S/C25H24Cl2N4O/c1-14-16(17-4-2-3-5-21(17)30-14)8-10-29-25-19(26)12-15(13-20(25)27)31-22-9-11-28-24-18(22)6-7-23(24)32/h2-5,9,11-13,23,29-30,32H,6-8,10H2,1H3,(H,28,31). The number of hydrogen-bond donors (Lipinski definition) is 4. The van der Waals surface area contributed by atoms with E-state index in [0.29, 0.717) is 23.0 Å². The number of aliphatic hydroxyl groups is 1. The summed E-state index contributed by atoms with van der Waals surface area (Å²) >= 11 is 13.2. The highest BCUT2D eigenvalue weighted by Gasteiger charge is 2.24. The van der Waals surface area contributed by atoms with Gasteiger partial charge in [-0.15, -0.1) is 0 Å². The van der Waals surface area contributed by atoms with Gasteiger partial charge in [0.1, 0.15) is 0 Å². The number of nitrogens with zero attached hydrogens (tertiary/aromatic N) is 1. The van der Waals surface area contributed by atoms with Crippen molar-refractivity contribution in [3.8, 4) is 0 Å². The van der Waals surface area contributed by atoms with Gasteiger partial charge in [0.15, 0.2) is 0 Å². The van der Waals surface area contributed by atoms with Crippen LogP contribution in [0.5, 0.6) is 0 Å². The van der Waals surface area contributed by atoms with Crippen LogP contribution in [0.4, 0.5) is 17.1 Å². The number of pyridine rings is 1. The van der Waals surface area contributed by atoms with Crippen LogP contribution in [-0.4, -0.2) is 21.6 Å². The topological polar surface area (TPSA) is 73.0 Å². The second-order valence-electron chi connectivity index (χ2n) is 8.17. The van der Waals surface area contributed by atoms with E-state index in [0.717, 1.165) is 46.7 Å². The molecular weight excluding hydrogens is 443 g/mol. The average Bonchev–Trinajstić information content (AvgIpc) is 3.30. The van der Waals surface area contributed by atoms with Crippen LogP contribution in [-0.2, 0) is 12.8 Å². The summed E-state index contributed by atoms with van der Waals surface area (Å²) in [5.74, 6) is 0. The Bertz CT molecular complexity index is 1280. The van der Waals surface area contributed by atoms with E-state index in [1.165, 1.54) is 16.6 Å². The smallest absolute Gasteiger partial charge is 0.0966 e. The van der Waals surface area contributed by atoms with Crippen LogP contribution in [0.3, 0.4) is 0 Å². The highest BCUT2D eigenvalue weighted by Crippen LogP contribution is 2.38. The Kier molecular flexibility index (Phi) is 5.72. The lowest BCUT2D eigenvalue weighted by Gasteiger charge is -2.15. The number of rotatable bonds is 6. The van der Waals surface area contributed by atoms with E-state index in [9.17, 15) is 5.11 Å². The average molecular weight is 467 g/mol. The van der Waals surface area contributed by atoms with Crippen molar-refractivity contribution in [2.24, 2.45) is 0 Å². The molecule has 32 heavy (non-hydrogen) atoms. The molecule has 0 spiro atoms. The van der Waals surface area contributed by atoms with Crippen molar-refractivity contribution in [1.82, 2.24) is 9.97 Å². The highest BCUT2D eigenvalue weighted by molar-refractivity contribution is 6.39. The zero-order chi connectivity index (χ0) is 22.2. The molecule has 0 amide bonds. The van der Waals surface area contributed by atoms with E-state index >= 15 is 0 Å². The molecule has 0 radical (unpaired) electrons. The number of fused-ring (bicyclic) bond motifs is 2. The lowest BCUT2D eigenvalue weighted by molar-refractivity contribution is 0.176. The summed E-state index contributed by atoms with van der Waals surface area (Å²) in [7, 11) is 0. The zero-order valence-corrected chi connectivity index (χ0v) is 19.2. The molecule has 4 N–H and O–H groups in total. The van der Waals surface area contributed by atoms with Crippen LogP contribution in [0.25, 0.3) is 10.9 Å². The quantitative estimate of drug-likeness (QED) is 0.259. The molecule has 5 nitrogen and oxygen atoms in total. The number of anilines is 3. The fraction of sp³-hybridized carbons (Fsp3) is 0.240. The molecule has 0 bridgehead atoms. The van der Waals surface area contributed by atoms with E-state index in [-0.39, 0.29) is 0 Å². The van der Waals surface area contributed by atoms with Gasteiger partial charge < -0.3 is 20.7 Å². The monoisotopic (exact) mass is 466 g/mol. The van der Waals surface area contributed by atoms with Gasteiger partial charge in [0.2, 0.25) is 0 Å². The van der Waals surface area contributed by atoms with Crippen LogP contribution >= 0.6 is 23.2 Å². The number of halogens is 2. The van der Waals surface area contributed by atoms with Crippen LogP contribution in [0, 0.1) is 6.92 Å². The third kappa shape index (κ3) is 3.92. The number of H-pyrrole nitrogens is 1. The summed E-state index contributed by atoms with van der Waals surface area (Å²) in [5, 5.41) is 19.2. The van der Waals surface area contributed by atoms with Crippen molar-refractivity contribution in [3.05, 3.63) is 81.2 Å². The molecule has 1 aliphatic carbocycles. The van der Waals surface area contributed by atoms with Gasteiger partial charge in [0.05, 0.1) is 27.5 Å². The minimum Gasteiger partial charge on any atom is -0.387 e. The Morgan fingerprint density at radius 2 is 1.94 bits per heavy atom. The number of aromatic nitrogens is 2. The maximum Gasteiger partial charge on any atom is 0.0966 e. The summed E-state index contributed by atoms with van der Waals surface area (Å²) in [6, 6.07) is 14.0. The number of aromatic amines is 1. The number of benzene rings is 2. The number of para-hydroxylation sites is 1. The third-order valence-corrected chi connectivity index (χ3v) is 6.69. The van der Waals surface area contributed by atoms with Gasteiger partial charge >= 0.3 is 0 Å². The molecule has 5 rings (SSSR count). The summed E-state index contributed by atoms with van der Waals surface area (Å²) in [6.45, 7) is 2.81. The van der Waals surface area contributed by atoms with Crippen LogP contribution in [0.1, 0.15) is 35.0 Å². The predicted molar refractivity (Wildman–Crippen MR) is 132 cm³/mol. The van der Waals surface area contributed by atoms with E-state index in [2.05, 4.69) is 45.7 Å². The van der Waals surface area contributed by atoms with Crippen molar-refractivity contribution in [2.75, 3.05) is 17.2 Å². The molecule has 0 saturated carbocycles. The summed E-state index contributed by atoms with van der Waals surface area (Å²) in [6.07, 6.45) is 3.56. The third-order valence-electron chi connectivity index (χ3n) is 6.10. The Labute approximate surface area is 196 Å². The Hall–Kier alpha value is -2.73. The van der Waals surface area contributed by atoms with Crippen LogP contribution in [0.15, 0.2) is 48.7 Å². The Morgan fingerprint density at radius 3 is 2.75 bits per heavy atom. The van der Waals surface area contributed by atoms with E-state index in [1.54, 1.807) is 6.20 Å². The van der Waals surface area contributed by atoms with Gasteiger partial charge in [-0.25, -0.2) is 0 Å². The molecule has 1 atom stereocenters. The van der Waals surface area contributed by atoms with Crippen molar-refractivity contribution >= 4 is 51.2 Å². The first-order valence-corrected chi connectivity index (χ1v) is 11.5. The van der Waals surface area contributed by atoms with Gasteiger partial charge in [0.25, 0.3) is 0 Å². The number of hydrogen-bond acceptors (Lipinski definition) is 4. The van der Waals surface area contributed by atoms with Crippen molar-refractivity contribution in [3.63, 3.8) is 0 Å². The minimum absolute atomic E-state index is 0.494. The molecule has 0 fully saturated rings. The number of aryl methyl sites for hydroxylation is 1. The van der Waals surface area contributed by atoms with Gasteiger partial charge in [-0.05, 0) is 61.6 Å². The molecular formula is C25H24Cl2N4O. The maximum absolute atomic E-state index is 10.1. The first kappa shape index (κ1) is 21.1. The molecule has 1 aliphatic rings. The first-order valence-electron chi connectivity index (χ1n) is 10.7. The summed E-state index contributed by atoms with van der Waals surface area (Å²) in [4.78, 5) is 7.76. The van der Waals surface area contributed by atoms with Crippen LogP contribution in [0.2, 0.25) is 10.0 Å². The first-order chi connectivity index (χ1) is 15.5. The summed E-state index contributed by atoms with van der Waals surface area (Å²) in [5.41, 5.74) is 7.88. The Balaban J connectivity index is 1.31. The molecule has 2 aromatic heterocycles. The Morgan fingerprint density at radius 1 is 1.16 bits per heavy atom. The molecule has 1 unspecified atom stereocenters. The molecule has 0 saturated heterocycles. The molecule has 2 aromatic carbocycles. The SMILES string of the molecule is Cc1[nH]c2ccccc2c1CCNc1c(Cl)cc(Nc2ccnc3c2CCC3O)cc1Cl. The van der Waals surface area contributed by atoms with Gasteiger partial charge in [0, 0.05) is 40.7 Å². The number of aliphatic hydroxyl groups excluding tert-OH is 1. The molecule has 164 valence electrons. The van der Waals surface area contributed by atoms with Crippen molar-refractivity contribution in [1.29, 1.82) is 0 Å². The van der Waals surface area contributed by atoms with Crippen molar-refractivity contribution < 1.29 is 5.11 Å². The van der Waals surface area contributed by atoms with E-state index in [4.69, 9.17) is 23.2 Å². The van der Waals surface area contributed by atoms with Crippen molar-refractivity contribution in [2.45, 2.75) is 32.3 Å². The van der Waals surface area contributed by atoms with E-state index < -0.39 is 6.10 Å². The molecule has 4 aromatic rings. The van der Waals surface area contributed by atoms with Crippen LogP contribution < -0.4 is 10.6 Å². The summed E-state index contributed by atoms with van der Waals surface area (Å²) < 4.78 is 0. The molecule has 7 heteroatoms. The fourth-order valence-electron chi connectivity index (χ4n) is 4.53. The maximum atomic E-state index is 10.1. The lowest BCUT2D eigenvalue weighted by atomic mass is 10.1. The second-order valence-corrected chi connectivity index (χ2v) is 8.98. The van der Waals surface area contributed by atoms with E-state index in [1.807, 2.05) is 24.3 Å². The normalized spacial score (nSPS) is 15.2. The number of nitrogens with one attached hydrogen (secondary N) is 3. The predicted octanol–water partition coefficient (Wildman–Crippen LogP) is 6.56. The lowest BCUT2D eigenvalue weighted by Crippen LogP contribution is -2.07. The highest BCUT2D eigenvalue weighted by atomic mass is 35.5. The molecule has 2 heterocycles. The second kappa shape index (κ2) is 8.66. The zero-order valence-electron chi connectivity index (χ0n) is 17.7. The van der Waals surface area contributed by atoms with Gasteiger partial charge in [-0.3, -0.25) is 4.98 Å². The van der Waals surface area contributed by atoms with Gasteiger partial charge in [-0.2, -0.15) is 0 Å². The van der Waals surface area contributed by atoms with Gasteiger partial charge in [-0.1, -0.05) is 41.4 Å². The largest absolute Gasteiger partial charge is 0.387 e. The minimum atomic E-state index is -0.494.